The summed E-state index contributed by atoms with van der Waals surface area (Å²) in [7, 11) is 0. The standard InChI is InChI=1S/C18H25N5O2/c1-4-17-19-20-18(23(17)5-2)25-16-8-6-7-15(13-16)22-11-9-21(10-12-22)14(3)24/h6-8,13H,4-5,9-12H2,1-3H3. The molecule has 3 rings (SSSR count). The summed E-state index contributed by atoms with van der Waals surface area (Å²) in [6, 6.07) is 8.52. The van der Waals surface area contributed by atoms with Gasteiger partial charge in [-0.25, -0.2) is 0 Å². The van der Waals surface area contributed by atoms with Gasteiger partial charge >= 0.3 is 6.01 Å². The van der Waals surface area contributed by atoms with Crippen molar-refractivity contribution in [2.24, 2.45) is 0 Å². The summed E-state index contributed by atoms with van der Waals surface area (Å²) in [6.45, 7) is 9.68. The fraction of sp³-hybridized carbons (Fsp3) is 0.500. The molecule has 0 spiro atoms. The Balaban J connectivity index is 1.72. The van der Waals surface area contributed by atoms with Gasteiger partial charge in [0.2, 0.25) is 5.91 Å². The molecule has 25 heavy (non-hydrogen) atoms. The highest BCUT2D eigenvalue weighted by Crippen LogP contribution is 2.26. The molecule has 1 saturated heterocycles. The average Bonchev–Trinajstić information content (AvgIpc) is 3.03. The lowest BCUT2D eigenvalue weighted by Gasteiger charge is -2.35. The third-order valence-electron chi connectivity index (χ3n) is 4.54. The Kier molecular flexibility index (Phi) is 5.21. The van der Waals surface area contributed by atoms with Gasteiger partial charge in [0.05, 0.1) is 0 Å². The molecule has 0 bridgehead atoms. The van der Waals surface area contributed by atoms with Gasteiger partial charge in [-0.2, -0.15) is 0 Å². The highest BCUT2D eigenvalue weighted by Gasteiger charge is 2.19. The van der Waals surface area contributed by atoms with E-state index in [4.69, 9.17) is 4.74 Å². The first kappa shape index (κ1) is 17.3. The Morgan fingerprint density at radius 3 is 2.56 bits per heavy atom. The van der Waals surface area contributed by atoms with E-state index >= 15 is 0 Å². The van der Waals surface area contributed by atoms with E-state index in [1.54, 1.807) is 6.92 Å². The molecule has 0 aliphatic carbocycles. The van der Waals surface area contributed by atoms with Gasteiger partial charge in [0.1, 0.15) is 11.6 Å². The predicted octanol–water partition coefficient (Wildman–Crippen LogP) is 2.32. The van der Waals surface area contributed by atoms with Crippen molar-refractivity contribution in [3.63, 3.8) is 0 Å². The van der Waals surface area contributed by atoms with Crippen molar-refractivity contribution < 1.29 is 9.53 Å². The molecule has 0 saturated carbocycles. The molecule has 0 N–H and O–H groups in total. The third-order valence-corrected chi connectivity index (χ3v) is 4.54. The smallest absolute Gasteiger partial charge is 0.322 e. The molecule has 0 radical (unpaired) electrons. The molecule has 7 heteroatoms. The quantitative estimate of drug-likeness (QED) is 0.834. The van der Waals surface area contributed by atoms with Crippen molar-refractivity contribution in [2.75, 3.05) is 31.1 Å². The highest BCUT2D eigenvalue weighted by molar-refractivity contribution is 5.73. The van der Waals surface area contributed by atoms with Gasteiger partial charge in [-0.05, 0) is 19.1 Å². The Labute approximate surface area is 148 Å². The Bertz CT molecular complexity index is 735. The lowest BCUT2D eigenvalue weighted by atomic mass is 10.2. The summed E-state index contributed by atoms with van der Waals surface area (Å²) in [5.74, 6) is 1.81. The van der Waals surface area contributed by atoms with Crippen LogP contribution >= 0.6 is 0 Å². The van der Waals surface area contributed by atoms with Gasteiger partial charge in [-0.15, -0.1) is 5.10 Å². The van der Waals surface area contributed by atoms with Crippen molar-refractivity contribution in [1.29, 1.82) is 0 Å². The molecule has 1 aliphatic rings. The van der Waals surface area contributed by atoms with Crippen molar-refractivity contribution in [3.05, 3.63) is 30.1 Å². The zero-order valence-electron chi connectivity index (χ0n) is 15.1. The Hall–Kier alpha value is -2.57. The number of carbonyl (C=O) groups is 1. The molecule has 134 valence electrons. The molecule has 7 nitrogen and oxygen atoms in total. The largest absolute Gasteiger partial charge is 0.424 e. The minimum Gasteiger partial charge on any atom is -0.424 e. The van der Waals surface area contributed by atoms with Gasteiger partial charge in [0.25, 0.3) is 0 Å². The number of anilines is 1. The fourth-order valence-corrected chi connectivity index (χ4v) is 3.10. The van der Waals surface area contributed by atoms with Crippen molar-refractivity contribution >= 4 is 11.6 Å². The molecule has 2 heterocycles. The zero-order chi connectivity index (χ0) is 17.8. The monoisotopic (exact) mass is 343 g/mol. The van der Waals surface area contributed by atoms with Crippen LogP contribution in [0.4, 0.5) is 5.69 Å². The van der Waals surface area contributed by atoms with Gasteiger partial charge in [0, 0.05) is 57.8 Å². The molecule has 1 fully saturated rings. The van der Waals surface area contributed by atoms with Crippen molar-refractivity contribution in [3.8, 4) is 11.8 Å². The second-order valence-electron chi connectivity index (χ2n) is 6.09. The lowest BCUT2D eigenvalue weighted by molar-refractivity contribution is -0.129. The van der Waals surface area contributed by atoms with E-state index in [1.165, 1.54) is 0 Å². The molecule has 0 atom stereocenters. The van der Waals surface area contributed by atoms with E-state index in [0.717, 1.165) is 56.4 Å². The number of hydrogen-bond donors (Lipinski definition) is 0. The van der Waals surface area contributed by atoms with Crippen LogP contribution in [-0.2, 0) is 17.8 Å². The summed E-state index contributed by atoms with van der Waals surface area (Å²) in [5, 5.41) is 8.34. The molecule has 0 unspecified atom stereocenters. The molecule has 1 aliphatic heterocycles. The number of aryl methyl sites for hydroxylation is 1. The maximum atomic E-state index is 11.5. The summed E-state index contributed by atoms with van der Waals surface area (Å²) in [4.78, 5) is 15.6. The van der Waals surface area contributed by atoms with Crippen LogP contribution in [0.25, 0.3) is 0 Å². The lowest BCUT2D eigenvalue weighted by Crippen LogP contribution is -2.48. The van der Waals surface area contributed by atoms with E-state index < -0.39 is 0 Å². The maximum absolute atomic E-state index is 11.5. The molecular weight excluding hydrogens is 318 g/mol. The van der Waals surface area contributed by atoms with Crippen molar-refractivity contribution in [1.82, 2.24) is 19.7 Å². The number of piperazine rings is 1. The van der Waals surface area contributed by atoms with Crippen LogP contribution in [0, 0.1) is 0 Å². The van der Waals surface area contributed by atoms with E-state index in [0.29, 0.717) is 6.01 Å². The molecule has 1 amide bonds. The number of aromatic nitrogens is 3. The first-order valence-corrected chi connectivity index (χ1v) is 8.82. The average molecular weight is 343 g/mol. The van der Waals surface area contributed by atoms with E-state index in [2.05, 4.69) is 35.0 Å². The van der Waals surface area contributed by atoms with Crippen LogP contribution in [0.3, 0.4) is 0 Å². The summed E-state index contributed by atoms with van der Waals surface area (Å²) >= 11 is 0. The maximum Gasteiger partial charge on any atom is 0.322 e. The van der Waals surface area contributed by atoms with Gasteiger partial charge in [-0.3, -0.25) is 9.36 Å². The Morgan fingerprint density at radius 2 is 1.92 bits per heavy atom. The molecular formula is C18H25N5O2. The van der Waals surface area contributed by atoms with Crippen LogP contribution in [0.5, 0.6) is 11.8 Å². The minimum absolute atomic E-state index is 0.141. The number of ether oxygens (including phenoxy) is 1. The fourth-order valence-electron chi connectivity index (χ4n) is 3.10. The molecule has 2 aromatic rings. The molecule has 1 aromatic heterocycles. The van der Waals surface area contributed by atoms with Crippen molar-refractivity contribution in [2.45, 2.75) is 33.7 Å². The Morgan fingerprint density at radius 1 is 1.16 bits per heavy atom. The second-order valence-corrected chi connectivity index (χ2v) is 6.09. The topological polar surface area (TPSA) is 63.5 Å². The number of benzene rings is 1. The second kappa shape index (κ2) is 7.55. The van der Waals surface area contributed by atoms with Gasteiger partial charge in [0.15, 0.2) is 0 Å². The first-order chi connectivity index (χ1) is 12.1. The normalized spacial score (nSPS) is 14.7. The minimum atomic E-state index is 0.141. The number of rotatable bonds is 5. The van der Waals surface area contributed by atoms with Crippen LogP contribution in [0.1, 0.15) is 26.6 Å². The predicted molar refractivity (Wildman–Crippen MR) is 96.1 cm³/mol. The SMILES string of the molecule is CCc1nnc(Oc2cccc(N3CCN(C(C)=O)CC3)c2)n1CC. The summed E-state index contributed by atoms with van der Waals surface area (Å²) in [5.41, 5.74) is 1.10. The third kappa shape index (κ3) is 3.75. The van der Waals surface area contributed by atoms with E-state index in [9.17, 15) is 4.79 Å². The zero-order valence-corrected chi connectivity index (χ0v) is 15.1. The van der Waals surface area contributed by atoms with Crippen LogP contribution in [0.15, 0.2) is 24.3 Å². The van der Waals surface area contributed by atoms with Gasteiger partial charge in [-0.1, -0.05) is 18.1 Å². The highest BCUT2D eigenvalue weighted by atomic mass is 16.5. The first-order valence-electron chi connectivity index (χ1n) is 8.82. The summed E-state index contributed by atoms with van der Waals surface area (Å²) < 4.78 is 7.96. The molecule has 1 aromatic carbocycles. The van der Waals surface area contributed by atoms with Crippen LogP contribution < -0.4 is 9.64 Å². The number of carbonyl (C=O) groups excluding carboxylic acids is 1. The number of hydrogen-bond acceptors (Lipinski definition) is 5. The van der Waals surface area contributed by atoms with Crippen LogP contribution in [-0.4, -0.2) is 51.8 Å². The summed E-state index contributed by atoms with van der Waals surface area (Å²) in [6.07, 6.45) is 0.824. The van der Waals surface area contributed by atoms with Gasteiger partial charge < -0.3 is 14.5 Å². The number of nitrogens with zero attached hydrogens (tertiary/aromatic N) is 5. The van der Waals surface area contributed by atoms with E-state index in [1.807, 2.05) is 27.7 Å². The van der Waals surface area contributed by atoms with Crippen LogP contribution in [0.2, 0.25) is 0 Å². The van der Waals surface area contributed by atoms with E-state index in [-0.39, 0.29) is 5.91 Å². The number of amides is 1.